The van der Waals surface area contributed by atoms with Crippen LogP contribution in [0.25, 0.3) is 0 Å². The molecule has 0 atom stereocenters. The Morgan fingerprint density at radius 2 is 1.83 bits per heavy atom. The van der Waals surface area contributed by atoms with Crippen LogP contribution in [0.2, 0.25) is 5.02 Å². The molecule has 0 N–H and O–H groups in total. The third-order valence-corrected chi connectivity index (χ3v) is 3.01. The van der Waals surface area contributed by atoms with Gasteiger partial charge in [-0.25, -0.2) is 4.39 Å². The van der Waals surface area contributed by atoms with E-state index in [0.717, 1.165) is 11.1 Å². The molecule has 3 heteroatoms. The second kappa shape index (κ2) is 5.32. The van der Waals surface area contributed by atoms with Gasteiger partial charge in [-0.1, -0.05) is 29.8 Å². The van der Waals surface area contributed by atoms with Crippen molar-refractivity contribution in [3.05, 3.63) is 70.0 Å². The first-order valence-corrected chi connectivity index (χ1v) is 5.98. The van der Waals surface area contributed by atoms with E-state index in [-0.39, 0.29) is 18.0 Å². The Kier molecular flexibility index (Phi) is 3.78. The molecule has 0 fully saturated rings. The monoisotopic (exact) mass is 262 g/mol. The predicted octanol–water partition coefficient (Wildman–Crippen LogP) is 4.21. The van der Waals surface area contributed by atoms with Gasteiger partial charge < -0.3 is 0 Å². The summed E-state index contributed by atoms with van der Waals surface area (Å²) in [6, 6.07) is 11.2. The molecule has 2 aromatic carbocycles. The zero-order valence-corrected chi connectivity index (χ0v) is 10.7. The summed E-state index contributed by atoms with van der Waals surface area (Å²) in [6.45, 7) is 1.87. The van der Waals surface area contributed by atoms with Gasteiger partial charge in [0.1, 0.15) is 5.82 Å². The Balaban J connectivity index is 2.21. The summed E-state index contributed by atoms with van der Waals surface area (Å²) in [5.41, 5.74) is 2.30. The molecule has 0 aromatic heterocycles. The van der Waals surface area contributed by atoms with Crippen LogP contribution in [0.4, 0.5) is 4.39 Å². The average Bonchev–Trinajstić information content (AvgIpc) is 2.35. The van der Waals surface area contributed by atoms with Crippen molar-refractivity contribution in [3.63, 3.8) is 0 Å². The number of rotatable bonds is 3. The molecule has 2 rings (SSSR count). The Morgan fingerprint density at radius 3 is 2.50 bits per heavy atom. The molecule has 0 heterocycles. The van der Waals surface area contributed by atoms with Gasteiger partial charge in [-0.3, -0.25) is 4.79 Å². The van der Waals surface area contributed by atoms with E-state index in [1.807, 2.05) is 13.0 Å². The molecule has 0 saturated carbocycles. The van der Waals surface area contributed by atoms with Crippen LogP contribution in [0.1, 0.15) is 21.5 Å². The van der Waals surface area contributed by atoms with E-state index in [0.29, 0.717) is 10.6 Å². The lowest BCUT2D eigenvalue weighted by molar-refractivity contribution is 0.0992. The van der Waals surface area contributed by atoms with Gasteiger partial charge in [-0.2, -0.15) is 0 Å². The maximum Gasteiger partial charge on any atom is 0.167 e. The number of aryl methyl sites for hydroxylation is 1. The maximum absolute atomic E-state index is 12.8. The molecule has 2 aromatic rings. The van der Waals surface area contributed by atoms with Crippen molar-refractivity contribution < 1.29 is 9.18 Å². The molecule has 0 aliphatic rings. The lowest BCUT2D eigenvalue weighted by Gasteiger charge is -2.05. The van der Waals surface area contributed by atoms with Crippen molar-refractivity contribution in [3.8, 4) is 0 Å². The molecule has 0 aliphatic carbocycles. The van der Waals surface area contributed by atoms with Crippen molar-refractivity contribution in [2.24, 2.45) is 0 Å². The summed E-state index contributed by atoms with van der Waals surface area (Å²) >= 11 is 5.88. The van der Waals surface area contributed by atoms with Crippen molar-refractivity contribution in [1.82, 2.24) is 0 Å². The first-order chi connectivity index (χ1) is 8.56. The van der Waals surface area contributed by atoms with Gasteiger partial charge in [-0.05, 0) is 42.3 Å². The van der Waals surface area contributed by atoms with E-state index >= 15 is 0 Å². The number of carbonyl (C=O) groups excluding carboxylic acids is 1. The topological polar surface area (TPSA) is 17.1 Å². The summed E-state index contributed by atoms with van der Waals surface area (Å²) < 4.78 is 12.8. The molecule has 1 nitrogen and oxygen atoms in total. The zero-order chi connectivity index (χ0) is 13.1. The van der Waals surface area contributed by atoms with Gasteiger partial charge in [0.05, 0.1) is 0 Å². The number of hydrogen-bond acceptors (Lipinski definition) is 1. The van der Waals surface area contributed by atoms with Crippen LogP contribution in [0.15, 0.2) is 42.5 Å². The zero-order valence-electron chi connectivity index (χ0n) is 9.91. The van der Waals surface area contributed by atoms with Gasteiger partial charge >= 0.3 is 0 Å². The minimum absolute atomic E-state index is 0.0124. The van der Waals surface area contributed by atoms with Crippen LogP contribution in [0, 0.1) is 12.7 Å². The Labute approximate surface area is 110 Å². The standard InChI is InChI=1S/C15H12ClFO/c1-10-2-5-12(16)9-14(10)15(18)8-11-3-6-13(17)7-4-11/h2-7,9H,8H2,1H3. The minimum Gasteiger partial charge on any atom is -0.294 e. The number of benzene rings is 2. The Morgan fingerprint density at radius 1 is 1.17 bits per heavy atom. The van der Waals surface area contributed by atoms with Crippen molar-refractivity contribution in [1.29, 1.82) is 0 Å². The fraction of sp³-hybridized carbons (Fsp3) is 0.133. The van der Waals surface area contributed by atoms with Crippen LogP contribution in [0.5, 0.6) is 0 Å². The molecule has 92 valence electrons. The number of ketones is 1. The lowest BCUT2D eigenvalue weighted by atomic mass is 9.99. The molecule has 0 radical (unpaired) electrons. The molecule has 18 heavy (non-hydrogen) atoms. The Hall–Kier alpha value is -1.67. The summed E-state index contributed by atoms with van der Waals surface area (Å²) in [6.07, 6.45) is 0.251. The van der Waals surface area contributed by atoms with E-state index in [9.17, 15) is 9.18 Å². The van der Waals surface area contributed by atoms with E-state index in [1.54, 1.807) is 24.3 Å². The summed E-state index contributed by atoms with van der Waals surface area (Å²) in [5, 5.41) is 0.544. The van der Waals surface area contributed by atoms with Gasteiger partial charge in [0.2, 0.25) is 0 Å². The maximum atomic E-state index is 12.8. The second-order valence-corrected chi connectivity index (χ2v) is 4.62. The van der Waals surface area contributed by atoms with Crippen LogP contribution < -0.4 is 0 Å². The number of hydrogen-bond donors (Lipinski definition) is 0. The molecule has 0 aliphatic heterocycles. The third kappa shape index (κ3) is 2.96. The highest BCUT2D eigenvalue weighted by atomic mass is 35.5. The molecule has 0 unspecified atom stereocenters. The van der Waals surface area contributed by atoms with Crippen LogP contribution in [0.3, 0.4) is 0 Å². The minimum atomic E-state index is -0.301. The highest BCUT2D eigenvalue weighted by Crippen LogP contribution is 2.17. The second-order valence-electron chi connectivity index (χ2n) is 4.19. The summed E-state index contributed by atoms with van der Waals surface area (Å²) in [4.78, 5) is 12.1. The first kappa shape index (κ1) is 12.8. The fourth-order valence-electron chi connectivity index (χ4n) is 1.78. The predicted molar refractivity (Wildman–Crippen MR) is 70.6 cm³/mol. The lowest BCUT2D eigenvalue weighted by Crippen LogP contribution is -2.05. The van der Waals surface area contributed by atoms with Crippen LogP contribution in [-0.4, -0.2) is 5.78 Å². The molecule has 0 spiro atoms. The van der Waals surface area contributed by atoms with Crippen molar-refractivity contribution in [2.45, 2.75) is 13.3 Å². The van der Waals surface area contributed by atoms with E-state index in [4.69, 9.17) is 11.6 Å². The van der Waals surface area contributed by atoms with Crippen LogP contribution >= 0.6 is 11.6 Å². The highest BCUT2D eigenvalue weighted by molar-refractivity contribution is 6.31. The van der Waals surface area contributed by atoms with E-state index in [1.165, 1.54) is 12.1 Å². The molecule has 0 bridgehead atoms. The van der Waals surface area contributed by atoms with Crippen molar-refractivity contribution >= 4 is 17.4 Å². The largest absolute Gasteiger partial charge is 0.294 e. The normalized spacial score (nSPS) is 10.4. The van der Waals surface area contributed by atoms with E-state index < -0.39 is 0 Å². The average molecular weight is 263 g/mol. The van der Waals surface area contributed by atoms with Gasteiger partial charge in [0.15, 0.2) is 5.78 Å². The van der Waals surface area contributed by atoms with Gasteiger partial charge in [0.25, 0.3) is 0 Å². The number of halogens is 2. The highest BCUT2D eigenvalue weighted by Gasteiger charge is 2.10. The summed E-state index contributed by atoms with van der Waals surface area (Å²) in [7, 11) is 0. The number of carbonyl (C=O) groups is 1. The SMILES string of the molecule is Cc1ccc(Cl)cc1C(=O)Cc1ccc(F)cc1. The third-order valence-electron chi connectivity index (χ3n) is 2.78. The molecular weight excluding hydrogens is 251 g/mol. The first-order valence-electron chi connectivity index (χ1n) is 5.60. The molecule has 0 saturated heterocycles. The van der Waals surface area contributed by atoms with Crippen LogP contribution in [-0.2, 0) is 6.42 Å². The summed E-state index contributed by atoms with van der Waals surface area (Å²) in [5.74, 6) is -0.313. The van der Waals surface area contributed by atoms with Gasteiger partial charge in [0, 0.05) is 17.0 Å². The Bertz CT molecular complexity index is 576. The van der Waals surface area contributed by atoms with E-state index in [2.05, 4.69) is 0 Å². The quantitative estimate of drug-likeness (QED) is 0.757. The smallest absolute Gasteiger partial charge is 0.167 e. The van der Waals surface area contributed by atoms with Gasteiger partial charge in [-0.15, -0.1) is 0 Å². The fourth-order valence-corrected chi connectivity index (χ4v) is 1.95. The number of Topliss-reactive ketones (excluding diaryl/α,β-unsaturated/α-hetero) is 1. The molecule has 0 amide bonds. The van der Waals surface area contributed by atoms with Crippen molar-refractivity contribution in [2.75, 3.05) is 0 Å². The molecular formula is C15H12ClFO.